The highest BCUT2D eigenvalue weighted by Crippen LogP contribution is 2.46. The van der Waals surface area contributed by atoms with E-state index in [0.29, 0.717) is 41.4 Å². The Balaban J connectivity index is 1.63. The molecule has 32 heavy (non-hydrogen) atoms. The normalized spacial score (nSPS) is 17.7. The van der Waals surface area contributed by atoms with E-state index in [1.807, 2.05) is 0 Å². The van der Waals surface area contributed by atoms with Crippen LogP contribution in [0.4, 0.5) is 0 Å². The molecule has 2 atom stereocenters. The lowest BCUT2D eigenvalue weighted by molar-refractivity contribution is -0.140. The van der Waals surface area contributed by atoms with Crippen molar-refractivity contribution < 1.29 is 24.5 Å². The number of hydrogen-bond acceptors (Lipinski definition) is 5. The quantitative estimate of drug-likeness (QED) is 0.206. The van der Waals surface area contributed by atoms with Crippen LogP contribution >= 0.6 is 0 Å². The lowest BCUT2D eigenvalue weighted by atomic mass is 9.90. The van der Waals surface area contributed by atoms with E-state index >= 15 is 0 Å². The van der Waals surface area contributed by atoms with E-state index in [4.69, 9.17) is 10.5 Å². The Hall–Kier alpha value is -3.81. The highest BCUT2D eigenvalue weighted by atomic mass is 16.5. The number of carbonyl (C=O) groups is 2. The monoisotopic (exact) mass is 437 g/mol. The van der Waals surface area contributed by atoms with Gasteiger partial charge in [0.15, 0.2) is 0 Å². The number of amidine groups is 1. The zero-order chi connectivity index (χ0) is 23.1. The summed E-state index contributed by atoms with van der Waals surface area (Å²) in [5.74, 6) is -0.979. The first-order valence-electron chi connectivity index (χ1n) is 10.4. The van der Waals surface area contributed by atoms with Crippen molar-refractivity contribution in [2.75, 3.05) is 13.1 Å². The summed E-state index contributed by atoms with van der Waals surface area (Å²) in [5.41, 5.74) is 7.39. The van der Waals surface area contributed by atoms with Crippen LogP contribution in [0.5, 0.6) is 11.5 Å². The predicted octanol–water partition coefficient (Wildman–Crippen LogP) is 2.98. The molecule has 2 aromatic carbocycles. The van der Waals surface area contributed by atoms with Gasteiger partial charge in [-0.1, -0.05) is 18.2 Å². The Bertz CT molecular complexity index is 1030. The third kappa shape index (κ3) is 5.87. The highest BCUT2D eigenvalue weighted by Gasteiger charge is 2.40. The fraction of sp³-hybridized carbons (Fsp3) is 0.292. The molecule has 0 saturated carbocycles. The fourth-order valence-corrected chi connectivity index (χ4v) is 3.51. The minimum Gasteiger partial charge on any atom is -0.508 e. The van der Waals surface area contributed by atoms with Gasteiger partial charge in [-0.05, 0) is 61.2 Å². The Labute approximate surface area is 186 Å². The first-order valence-corrected chi connectivity index (χ1v) is 10.4. The lowest BCUT2D eigenvalue weighted by Crippen LogP contribution is -2.22. The molecule has 0 saturated heterocycles. The van der Waals surface area contributed by atoms with Gasteiger partial charge in [-0.15, -0.1) is 0 Å². The SMILES string of the molecule is CC(N)=NCCCCNC(=O)/C=C/c1ccc2c(c1)[C@@H](C(=O)O)[C@H](c1ccc(O)cc1)O2. The third-order valence-electron chi connectivity index (χ3n) is 5.09. The number of carboxylic acid groups (broad SMARTS) is 1. The number of unbranched alkanes of at least 4 members (excludes halogenated alkanes) is 1. The summed E-state index contributed by atoms with van der Waals surface area (Å²) in [5, 5.41) is 22.1. The molecule has 5 N–H and O–H groups in total. The van der Waals surface area contributed by atoms with Crippen LogP contribution < -0.4 is 15.8 Å². The number of aliphatic imine (C=N–C) groups is 1. The maximum Gasteiger partial charge on any atom is 0.315 e. The smallest absolute Gasteiger partial charge is 0.315 e. The first kappa shape index (κ1) is 22.9. The summed E-state index contributed by atoms with van der Waals surface area (Å²) in [7, 11) is 0. The topological polar surface area (TPSA) is 134 Å². The molecule has 8 heteroatoms. The Morgan fingerprint density at radius 1 is 1.19 bits per heavy atom. The molecule has 0 radical (unpaired) electrons. The number of aliphatic carboxylic acids is 1. The molecule has 1 amide bonds. The van der Waals surface area contributed by atoms with Crippen molar-refractivity contribution in [2.24, 2.45) is 10.7 Å². The number of aromatic hydroxyl groups is 1. The molecule has 168 valence electrons. The van der Waals surface area contributed by atoms with E-state index in [0.717, 1.165) is 12.8 Å². The standard InChI is InChI=1S/C24H27N3O5/c1-15(25)26-12-2-3-13-27-21(29)11-5-16-4-10-20-19(14-16)22(24(30)31)23(32-20)17-6-8-18(28)9-7-17/h4-11,14,22-23,28H,2-3,12-13H2,1H3,(H2,25,26)(H,27,29)(H,30,31)/b11-5+/t22-,23+/m1/s1. The molecule has 0 bridgehead atoms. The predicted molar refractivity (Wildman–Crippen MR) is 122 cm³/mol. The van der Waals surface area contributed by atoms with Gasteiger partial charge in [0.1, 0.15) is 23.5 Å². The molecule has 8 nitrogen and oxygen atoms in total. The van der Waals surface area contributed by atoms with Crippen LogP contribution in [0, 0.1) is 0 Å². The summed E-state index contributed by atoms with van der Waals surface area (Å²) in [4.78, 5) is 28.1. The van der Waals surface area contributed by atoms with Gasteiger partial charge in [-0.25, -0.2) is 0 Å². The van der Waals surface area contributed by atoms with Crippen molar-refractivity contribution in [3.05, 3.63) is 65.2 Å². The van der Waals surface area contributed by atoms with Crippen molar-refractivity contribution in [1.82, 2.24) is 5.32 Å². The van der Waals surface area contributed by atoms with Crippen molar-refractivity contribution >= 4 is 23.8 Å². The number of carboxylic acids is 1. The second-order valence-corrected chi connectivity index (χ2v) is 7.60. The van der Waals surface area contributed by atoms with Gasteiger partial charge in [0.25, 0.3) is 0 Å². The van der Waals surface area contributed by atoms with Crippen LogP contribution in [0.3, 0.4) is 0 Å². The molecule has 0 aliphatic carbocycles. The molecule has 1 aliphatic heterocycles. The molecule has 1 heterocycles. The Morgan fingerprint density at radius 3 is 2.62 bits per heavy atom. The molecule has 0 aromatic heterocycles. The second-order valence-electron chi connectivity index (χ2n) is 7.60. The van der Waals surface area contributed by atoms with Crippen molar-refractivity contribution in [2.45, 2.75) is 31.8 Å². The number of phenolic OH excluding ortho intramolecular Hbond substituents is 1. The molecule has 3 rings (SSSR count). The number of rotatable bonds is 9. The number of nitrogens with one attached hydrogen (secondary N) is 1. The van der Waals surface area contributed by atoms with Crippen molar-refractivity contribution in [3.63, 3.8) is 0 Å². The van der Waals surface area contributed by atoms with Gasteiger partial charge in [0.05, 0.1) is 5.84 Å². The minimum atomic E-state index is -1.00. The highest BCUT2D eigenvalue weighted by molar-refractivity contribution is 5.91. The third-order valence-corrected chi connectivity index (χ3v) is 5.09. The summed E-state index contributed by atoms with van der Waals surface area (Å²) >= 11 is 0. The van der Waals surface area contributed by atoms with E-state index in [-0.39, 0.29) is 11.7 Å². The van der Waals surface area contributed by atoms with E-state index in [2.05, 4.69) is 10.3 Å². The van der Waals surface area contributed by atoms with Crippen LogP contribution in [0.2, 0.25) is 0 Å². The van der Waals surface area contributed by atoms with Gasteiger partial charge < -0.3 is 26.0 Å². The van der Waals surface area contributed by atoms with Gasteiger partial charge >= 0.3 is 5.97 Å². The Kier molecular flexibility index (Phi) is 7.49. The number of ether oxygens (including phenoxy) is 1. The van der Waals surface area contributed by atoms with Crippen molar-refractivity contribution in [1.29, 1.82) is 0 Å². The molecular weight excluding hydrogens is 410 g/mol. The van der Waals surface area contributed by atoms with E-state index in [1.165, 1.54) is 18.2 Å². The Morgan fingerprint density at radius 2 is 1.94 bits per heavy atom. The van der Waals surface area contributed by atoms with Gasteiger partial charge in [-0.3, -0.25) is 14.6 Å². The average molecular weight is 437 g/mol. The summed E-state index contributed by atoms with van der Waals surface area (Å²) < 4.78 is 5.90. The maximum atomic E-state index is 12.0. The van der Waals surface area contributed by atoms with Crippen LogP contribution in [0.1, 0.15) is 48.5 Å². The van der Waals surface area contributed by atoms with Crippen LogP contribution in [-0.2, 0) is 9.59 Å². The number of amides is 1. The number of hydrogen-bond donors (Lipinski definition) is 4. The minimum absolute atomic E-state index is 0.0981. The number of nitrogens with zero attached hydrogens (tertiary/aromatic N) is 1. The number of nitrogens with two attached hydrogens (primary N) is 1. The number of phenols is 1. The summed E-state index contributed by atoms with van der Waals surface area (Å²) in [6.07, 6.45) is 4.00. The summed E-state index contributed by atoms with van der Waals surface area (Å²) in [6.45, 7) is 2.92. The van der Waals surface area contributed by atoms with Gasteiger partial charge in [-0.2, -0.15) is 0 Å². The van der Waals surface area contributed by atoms with Gasteiger partial charge in [0, 0.05) is 24.7 Å². The van der Waals surface area contributed by atoms with Crippen LogP contribution in [-0.4, -0.2) is 41.0 Å². The van der Waals surface area contributed by atoms with E-state index in [9.17, 15) is 19.8 Å². The number of carbonyl (C=O) groups excluding carboxylic acids is 1. The largest absolute Gasteiger partial charge is 0.508 e. The second kappa shape index (κ2) is 10.5. The zero-order valence-corrected chi connectivity index (χ0v) is 17.8. The van der Waals surface area contributed by atoms with Gasteiger partial charge in [0.2, 0.25) is 5.91 Å². The fourth-order valence-electron chi connectivity index (χ4n) is 3.51. The lowest BCUT2D eigenvalue weighted by Gasteiger charge is -2.16. The van der Waals surface area contributed by atoms with Crippen molar-refractivity contribution in [3.8, 4) is 11.5 Å². The maximum absolute atomic E-state index is 12.0. The first-order chi connectivity index (χ1) is 15.3. The molecular formula is C24H27N3O5. The molecule has 0 unspecified atom stereocenters. The molecule has 0 fully saturated rings. The van der Waals surface area contributed by atoms with Crippen LogP contribution in [0.25, 0.3) is 6.08 Å². The van der Waals surface area contributed by atoms with E-state index < -0.39 is 18.0 Å². The van der Waals surface area contributed by atoms with E-state index in [1.54, 1.807) is 43.3 Å². The average Bonchev–Trinajstić information content (AvgIpc) is 3.14. The van der Waals surface area contributed by atoms with Crippen LogP contribution in [0.15, 0.2) is 53.5 Å². The molecule has 0 spiro atoms. The number of benzene rings is 2. The number of fused-ring (bicyclic) bond motifs is 1. The zero-order valence-electron chi connectivity index (χ0n) is 17.8. The molecule has 1 aliphatic rings. The summed E-state index contributed by atoms with van der Waals surface area (Å²) in [6, 6.07) is 11.5. The molecule has 2 aromatic rings.